The largest absolute Gasteiger partial charge is 0.336 e. The third-order valence-corrected chi connectivity index (χ3v) is 3.27. The summed E-state index contributed by atoms with van der Waals surface area (Å²) in [5, 5.41) is 3.31. The minimum atomic E-state index is 0.126. The van der Waals surface area contributed by atoms with Crippen LogP contribution in [0.3, 0.4) is 0 Å². The molecule has 1 saturated carbocycles. The number of carbonyl (C=O) groups excluding carboxylic acids is 1. The smallest absolute Gasteiger partial charge is 0.237 e. The molecule has 1 aliphatic carbocycles. The van der Waals surface area contributed by atoms with Crippen LogP contribution in [0.2, 0.25) is 0 Å². The van der Waals surface area contributed by atoms with E-state index < -0.39 is 0 Å². The zero-order valence-electron chi connectivity index (χ0n) is 8.34. The van der Waals surface area contributed by atoms with Crippen LogP contribution in [0.25, 0.3) is 0 Å². The van der Waals surface area contributed by atoms with Gasteiger partial charge in [-0.25, -0.2) is 0 Å². The predicted octanol–water partition coefficient (Wildman–Crippen LogP) is 0.968. The van der Waals surface area contributed by atoms with Gasteiger partial charge in [0.25, 0.3) is 0 Å². The summed E-state index contributed by atoms with van der Waals surface area (Å²) in [5.74, 6) is 0.265. The van der Waals surface area contributed by atoms with E-state index in [9.17, 15) is 4.79 Å². The highest BCUT2D eigenvalue weighted by atomic mass is 35.5. The lowest BCUT2D eigenvalue weighted by Gasteiger charge is -2.34. The van der Waals surface area contributed by atoms with Gasteiger partial charge in [0.1, 0.15) is 5.88 Å². The summed E-state index contributed by atoms with van der Waals surface area (Å²) in [4.78, 5) is 13.7. The topological polar surface area (TPSA) is 32.3 Å². The monoisotopic (exact) mass is 216 g/mol. The van der Waals surface area contributed by atoms with Crippen LogP contribution in [0, 0.1) is 0 Å². The minimum absolute atomic E-state index is 0.126. The molecule has 1 N–H and O–H groups in total. The highest BCUT2D eigenvalue weighted by Crippen LogP contribution is 2.31. The molecule has 0 unspecified atom stereocenters. The molecule has 1 saturated heterocycles. The van der Waals surface area contributed by atoms with Crippen molar-refractivity contribution in [2.45, 2.75) is 37.8 Å². The van der Waals surface area contributed by atoms with Crippen LogP contribution in [-0.4, -0.2) is 41.9 Å². The van der Waals surface area contributed by atoms with Gasteiger partial charge < -0.3 is 10.2 Å². The van der Waals surface area contributed by atoms with Crippen LogP contribution < -0.4 is 5.32 Å². The van der Waals surface area contributed by atoms with Crippen molar-refractivity contribution < 1.29 is 4.79 Å². The maximum absolute atomic E-state index is 11.7. The Kier molecular flexibility index (Phi) is 3.29. The lowest BCUT2D eigenvalue weighted by atomic mass is 10.0. The van der Waals surface area contributed by atoms with Crippen LogP contribution in [0.5, 0.6) is 0 Å². The molecule has 0 aromatic heterocycles. The number of carbonyl (C=O) groups is 1. The third kappa shape index (κ3) is 2.20. The molecule has 2 fully saturated rings. The number of piperidine rings is 1. The molecule has 14 heavy (non-hydrogen) atoms. The van der Waals surface area contributed by atoms with E-state index in [0.717, 1.165) is 25.9 Å². The fourth-order valence-corrected chi connectivity index (χ4v) is 2.35. The molecule has 1 amide bonds. The second-order valence-corrected chi connectivity index (χ2v) is 4.41. The van der Waals surface area contributed by atoms with Crippen molar-refractivity contribution in [3.8, 4) is 0 Å². The summed E-state index contributed by atoms with van der Waals surface area (Å²) in [7, 11) is 0. The normalized spacial score (nSPS) is 23.5. The minimum Gasteiger partial charge on any atom is -0.336 e. The van der Waals surface area contributed by atoms with Gasteiger partial charge in [-0.05, 0) is 38.8 Å². The molecule has 2 rings (SSSR count). The molecule has 1 aliphatic heterocycles. The Labute approximate surface area is 89.8 Å². The summed E-state index contributed by atoms with van der Waals surface area (Å²) < 4.78 is 0. The number of nitrogens with one attached hydrogen (secondary N) is 1. The van der Waals surface area contributed by atoms with Gasteiger partial charge in [0.15, 0.2) is 0 Å². The van der Waals surface area contributed by atoms with E-state index in [2.05, 4.69) is 5.32 Å². The second-order valence-electron chi connectivity index (χ2n) is 4.15. The molecule has 0 aromatic carbocycles. The molecule has 0 atom stereocenters. The van der Waals surface area contributed by atoms with E-state index >= 15 is 0 Å². The summed E-state index contributed by atoms with van der Waals surface area (Å²) in [6.45, 7) is 2.06. The van der Waals surface area contributed by atoms with E-state index in [4.69, 9.17) is 11.6 Å². The Bertz CT molecular complexity index is 212. The van der Waals surface area contributed by atoms with Crippen LogP contribution in [0.1, 0.15) is 25.7 Å². The van der Waals surface area contributed by atoms with E-state index in [1.54, 1.807) is 0 Å². The van der Waals surface area contributed by atoms with Crippen molar-refractivity contribution in [1.82, 2.24) is 10.2 Å². The average molecular weight is 217 g/mol. The summed E-state index contributed by atoms with van der Waals surface area (Å²) in [5.41, 5.74) is 0. The van der Waals surface area contributed by atoms with Crippen molar-refractivity contribution in [2.75, 3.05) is 19.0 Å². The molecule has 2 aliphatic rings. The van der Waals surface area contributed by atoms with Crippen LogP contribution in [0.15, 0.2) is 0 Å². The Balaban J connectivity index is 1.97. The standard InChI is InChI=1S/C10H17ClN2O/c11-7-10(14)13(8-1-2-8)9-3-5-12-6-4-9/h8-9,12H,1-7H2. The Morgan fingerprint density at radius 3 is 2.29 bits per heavy atom. The van der Waals surface area contributed by atoms with Crippen molar-refractivity contribution in [3.63, 3.8) is 0 Å². The molecular weight excluding hydrogens is 200 g/mol. The van der Waals surface area contributed by atoms with E-state index in [-0.39, 0.29) is 11.8 Å². The van der Waals surface area contributed by atoms with Crippen LogP contribution in [-0.2, 0) is 4.79 Å². The van der Waals surface area contributed by atoms with Gasteiger partial charge in [0.05, 0.1) is 0 Å². The van der Waals surface area contributed by atoms with Crippen LogP contribution >= 0.6 is 11.6 Å². The van der Waals surface area contributed by atoms with Crippen molar-refractivity contribution in [2.24, 2.45) is 0 Å². The SMILES string of the molecule is O=C(CCl)N(C1CCNCC1)C1CC1. The zero-order chi connectivity index (χ0) is 9.97. The predicted molar refractivity (Wildman–Crippen MR) is 56.5 cm³/mol. The average Bonchev–Trinajstić information content (AvgIpc) is 3.04. The summed E-state index contributed by atoms with van der Waals surface area (Å²) in [6, 6.07) is 0.944. The summed E-state index contributed by atoms with van der Waals surface area (Å²) in [6.07, 6.45) is 4.51. The number of nitrogens with zero attached hydrogens (tertiary/aromatic N) is 1. The van der Waals surface area contributed by atoms with Gasteiger partial charge in [0.2, 0.25) is 5.91 Å². The van der Waals surface area contributed by atoms with Crippen molar-refractivity contribution in [3.05, 3.63) is 0 Å². The van der Waals surface area contributed by atoms with E-state index in [0.29, 0.717) is 12.1 Å². The van der Waals surface area contributed by atoms with Crippen molar-refractivity contribution in [1.29, 1.82) is 0 Å². The highest BCUT2D eigenvalue weighted by molar-refractivity contribution is 6.27. The number of alkyl halides is 1. The summed E-state index contributed by atoms with van der Waals surface area (Å²) >= 11 is 5.63. The Hall–Kier alpha value is -0.280. The fourth-order valence-electron chi connectivity index (χ4n) is 2.21. The molecular formula is C10H17ClN2O. The van der Waals surface area contributed by atoms with Gasteiger partial charge in [-0.1, -0.05) is 0 Å². The Morgan fingerprint density at radius 1 is 1.21 bits per heavy atom. The Morgan fingerprint density at radius 2 is 1.79 bits per heavy atom. The first kappa shape index (κ1) is 10.2. The molecule has 0 radical (unpaired) electrons. The third-order valence-electron chi connectivity index (χ3n) is 3.04. The molecule has 80 valence electrons. The molecule has 0 bridgehead atoms. The van der Waals surface area contributed by atoms with Gasteiger partial charge in [-0.3, -0.25) is 4.79 Å². The number of amides is 1. The first-order valence-corrected chi connectivity index (χ1v) is 5.94. The van der Waals surface area contributed by atoms with Gasteiger partial charge in [0, 0.05) is 12.1 Å². The maximum Gasteiger partial charge on any atom is 0.237 e. The lowest BCUT2D eigenvalue weighted by molar-refractivity contribution is -0.132. The number of hydrogen-bond acceptors (Lipinski definition) is 2. The zero-order valence-corrected chi connectivity index (χ0v) is 9.09. The quantitative estimate of drug-likeness (QED) is 0.714. The number of hydrogen-bond donors (Lipinski definition) is 1. The van der Waals surface area contributed by atoms with Crippen molar-refractivity contribution >= 4 is 17.5 Å². The first-order valence-electron chi connectivity index (χ1n) is 5.41. The highest BCUT2D eigenvalue weighted by Gasteiger charge is 2.36. The molecule has 4 heteroatoms. The van der Waals surface area contributed by atoms with Gasteiger partial charge >= 0.3 is 0 Å². The lowest BCUT2D eigenvalue weighted by Crippen LogP contribution is -2.47. The molecule has 3 nitrogen and oxygen atoms in total. The molecule has 0 spiro atoms. The van der Waals surface area contributed by atoms with Gasteiger partial charge in [-0.2, -0.15) is 0 Å². The molecule has 1 heterocycles. The first-order chi connectivity index (χ1) is 6.83. The van der Waals surface area contributed by atoms with Crippen LogP contribution in [0.4, 0.5) is 0 Å². The molecule has 0 aromatic rings. The maximum atomic E-state index is 11.7. The van der Waals surface area contributed by atoms with E-state index in [1.807, 2.05) is 4.90 Å². The second kappa shape index (κ2) is 4.49. The number of halogens is 1. The fraction of sp³-hybridized carbons (Fsp3) is 0.900. The number of rotatable bonds is 3. The van der Waals surface area contributed by atoms with E-state index in [1.165, 1.54) is 12.8 Å². The van der Waals surface area contributed by atoms with Gasteiger partial charge in [-0.15, -0.1) is 11.6 Å².